The SMILES string of the molecule is CCC(C)(O)CN(Cc1ccccc1)C(=O)N(C)C. The van der Waals surface area contributed by atoms with Crippen LogP contribution in [0.3, 0.4) is 0 Å². The summed E-state index contributed by atoms with van der Waals surface area (Å²) in [5.41, 5.74) is 0.199. The Morgan fingerprint density at radius 3 is 2.32 bits per heavy atom. The second-order valence-electron chi connectivity index (χ2n) is 5.37. The second kappa shape index (κ2) is 6.57. The van der Waals surface area contributed by atoms with Gasteiger partial charge < -0.3 is 14.9 Å². The first-order valence-electron chi connectivity index (χ1n) is 6.58. The van der Waals surface area contributed by atoms with Crippen molar-refractivity contribution in [2.75, 3.05) is 20.6 Å². The van der Waals surface area contributed by atoms with Gasteiger partial charge in [0, 0.05) is 20.6 Å². The van der Waals surface area contributed by atoms with Crippen LogP contribution in [0.4, 0.5) is 4.79 Å². The van der Waals surface area contributed by atoms with Crippen LogP contribution in [0, 0.1) is 0 Å². The summed E-state index contributed by atoms with van der Waals surface area (Å²) in [6, 6.07) is 9.73. The van der Waals surface area contributed by atoms with Crippen molar-refractivity contribution in [2.24, 2.45) is 0 Å². The van der Waals surface area contributed by atoms with Gasteiger partial charge in [-0.25, -0.2) is 4.79 Å². The first-order chi connectivity index (χ1) is 8.85. The molecule has 4 heteroatoms. The highest BCUT2D eigenvalue weighted by Crippen LogP contribution is 2.15. The lowest BCUT2D eigenvalue weighted by Crippen LogP contribution is -2.46. The van der Waals surface area contributed by atoms with Crippen LogP contribution >= 0.6 is 0 Å². The minimum Gasteiger partial charge on any atom is -0.388 e. The van der Waals surface area contributed by atoms with E-state index < -0.39 is 5.60 Å². The molecule has 2 amide bonds. The van der Waals surface area contributed by atoms with Gasteiger partial charge >= 0.3 is 6.03 Å². The number of carbonyl (C=O) groups is 1. The third-order valence-corrected chi connectivity index (χ3v) is 3.16. The molecular weight excluding hydrogens is 240 g/mol. The lowest BCUT2D eigenvalue weighted by molar-refractivity contribution is 0.0212. The summed E-state index contributed by atoms with van der Waals surface area (Å²) in [7, 11) is 3.45. The molecule has 1 N–H and O–H groups in total. The van der Waals surface area contributed by atoms with Gasteiger partial charge in [0.2, 0.25) is 0 Å². The molecule has 0 saturated carbocycles. The van der Waals surface area contributed by atoms with Gasteiger partial charge in [-0.1, -0.05) is 37.3 Å². The third-order valence-electron chi connectivity index (χ3n) is 3.16. The number of aliphatic hydroxyl groups is 1. The van der Waals surface area contributed by atoms with Crippen LogP contribution in [-0.2, 0) is 6.54 Å². The molecule has 0 spiro atoms. The normalized spacial score (nSPS) is 13.7. The Bertz CT molecular complexity index is 402. The molecule has 0 saturated heterocycles. The molecule has 4 nitrogen and oxygen atoms in total. The number of urea groups is 1. The highest BCUT2D eigenvalue weighted by atomic mass is 16.3. The summed E-state index contributed by atoms with van der Waals surface area (Å²) in [6.07, 6.45) is 0.610. The zero-order valence-corrected chi connectivity index (χ0v) is 12.3. The molecule has 0 radical (unpaired) electrons. The van der Waals surface area contributed by atoms with Gasteiger partial charge in [-0.15, -0.1) is 0 Å². The van der Waals surface area contributed by atoms with E-state index in [1.165, 1.54) is 4.90 Å². The minimum atomic E-state index is -0.861. The Labute approximate surface area is 115 Å². The summed E-state index contributed by atoms with van der Waals surface area (Å²) in [4.78, 5) is 15.4. The lowest BCUT2D eigenvalue weighted by atomic mass is 10.0. The Morgan fingerprint density at radius 2 is 1.84 bits per heavy atom. The molecule has 0 aliphatic carbocycles. The van der Waals surface area contributed by atoms with E-state index in [2.05, 4.69) is 0 Å². The van der Waals surface area contributed by atoms with Gasteiger partial charge in [0.25, 0.3) is 0 Å². The minimum absolute atomic E-state index is 0.0856. The molecule has 0 bridgehead atoms. The first kappa shape index (κ1) is 15.5. The van der Waals surface area contributed by atoms with Gasteiger partial charge in [-0.05, 0) is 18.9 Å². The van der Waals surface area contributed by atoms with E-state index in [1.807, 2.05) is 37.3 Å². The molecule has 1 atom stereocenters. The zero-order valence-electron chi connectivity index (χ0n) is 12.3. The molecule has 19 heavy (non-hydrogen) atoms. The number of carbonyl (C=O) groups excluding carboxylic acids is 1. The predicted octanol–water partition coefficient (Wildman–Crippen LogP) is 2.33. The molecule has 1 aromatic rings. The average molecular weight is 264 g/mol. The van der Waals surface area contributed by atoms with E-state index >= 15 is 0 Å². The molecule has 106 valence electrons. The summed E-state index contributed by atoms with van der Waals surface area (Å²) in [6.45, 7) is 4.51. The topological polar surface area (TPSA) is 43.8 Å². The molecule has 0 heterocycles. The zero-order chi connectivity index (χ0) is 14.5. The number of hydrogen-bond donors (Lipinski definition) is 1. The van der Waals surface area contributed by atoms with Crippen molar-refractivity contribution < 1.29 is 9.90 Å². The molecule has 1 aromatic carbocycles. The van der Waals surface area contributed by atoms with E-state index in [1.54, 1.807) is 25.9 Å². The Hall–Kier alpha value is -1.55. The molecule has 0 fully saturated rings. The average Bonchev–Trinajstić information content (AvgIpc) is 2.38. The second-order valence-corrected chi connectivity index (χ2v) is 5.37. The summed E-state index contributed by atoms with van der Waals surface area (Å²) in [5.74, 6) is 0. The Morgan fingerprint density at radius 1 is 1.26 bits per heavy atom. The maximum absolute atomic E-state index is 12.2. The number of rotatable bonds is 5. The number of amides is 2. The quantitative estimate of drug-likeness (QED) is 0.887. The Kier molecular flexibility index (Phi) is 5.36. The van der Waals surface area contributed by atoms with E-state index in [0.717, 1.165) is 5.56 Å². The molecule has 0 aliphatic rings. The summed E-state index contributed by atoms with van der Waals surface area (Å²) < 4.78 is 0. The van der Waals surface area contributed by atoms with Crippen LogP contribution in [0.1, 0.15) is 25.8 Å². The monoisotopic (exact) mass is 264 g/mol. The van der Waals surface area contributed by atoms with Gasteiger partial charge in [0.15, 0.2) is 0 Å². The van der Waals surface area contributed by atoms with Crippen LogP contribution < -0.4 is 0 Å². The van der Waals surface area contributed by atoms with Crippen LogP contribution in [0.25, 0.3) is 0 Å². The number of benzene rings is 1. The lowest BCUT2D eigenvalue weighted by Gasteiger charge is -2.32. The fourth-order valence-corrected chi connectivity index (χ4v) is 1.80. The van der Waals surface area contributed by atoms with E-state index in [9.17, 15) is 9.90 Å². The first-order valence-corrected chi connectivity index (χ1v) is 6.58. The third kappa shape index (κ3) is 4.91. The maximum atomic E-state index is 12.2. The van der Waals surface area contributed by atoms with Crippen molar-refractivity contribution in [3.8, 4) is 0 Å². The predicted molar refractivity (Wildman–Crippen MR) is 76.8 cm³/mol. The van der Waals surface area contributed by atoms with Gasteiger partial charge in [0.1, 0.15) is 0 Å². The van der Waals surface area contributed by atoms with Crippen molar-refractivity contribution in [2.45, 2.75) is 32.4 Å². The van der Waals surface area contributed by atoms with Crippen molar-refractivity contribution in [3.05, 3.63) is 35.9 Å². The van der Waals surface area contributed by atoms with Crippen LogP contribution in [0.15, 0.2) is 30.3 Å². The largest absolute Gasteiger partial charge is 0.388 e. The summed E-state index contributed by atoms with van der Waals surface area (Å²) in [5, 5.41) is 10.2. The molecular formula is C15H24N2O2. The van der Waals surface area contributed by atoms with Gasteiger partial charge in [-0.3, -0.25) is 0 Å². The highest BCUT2D eigenvalue weighted by Gasteiger charge is 2.26. The van der Waals surface area contributed by atoms with E-state index in [0.29, 0.717) is 19.5 Å². The fraction of sp³-hybridized carbons (Fsp3) is 0.533. The molecule has 0 aromatic heterocycles. The van der Waals surface area contributed by atoms with Crippen molar-refractivity contribution in [3.63, 3.8) is 0 Å². The maximum Gasteiger partial charge on any atom is 0.319 e. The highest BCUT2D eigenvalue weighted by molar-refractivity contribution is 5.73. The van der Waals surface area contributed by atoms with Crippen molar-refractivity contribution in [1.82, 2.24) is 9.80 Å². The van der Waals surface area contributed by atoms with Gasteiger partial charge in [-0.2, -0.15) is 0 Å². The smallest absolute Gasteiger partial charge is 0.319 e. The number of nitrogens with zero attached hydrogens (tertiary/aromatic N) is 2. The van der Waals surface area contributed by atoms with Crippen LogP contribution in [0.2, 0.25) is 0 Å². The fourth-order valence-electron chi connectivity index (χ4n) is 1.80. The van der Waals surface area contributed by atoms with Gasteiger partial charge in [0.05, 0.1) is 12.1 Å². The molecule has 0 aliphatic heterocycles. The molecule has 1 rings (SSSR count). The van der Waals surface area contributed by atoms with E-state index in [4.69, 9.17) is 0 Å². The number of hydrogen-bond acceptors (Lipinski definition) is 2. The van der Waals surface area contributed by atoms with Crippen LogP contribution in [0.5, 0.6) is 0 Å². The van der Waals surface area contributed by atoms with Crippen molar-refractivity contribution in [1.29, 1.82) is 0 Å². The Balaban J connectivity index is 2.84. The van der Waals surface area contributed by atoms with E-state index in [-0.39, 0.29) is 6.03 Å². The van der Waals surface area contributed by atoms with Crippen LogP contribution in [-0.4, -0.2) is 47.2 Å². The van der Waals surface area contributed by atoms with Crippen molar-refractivity contribution >= 4 is 6.03 Å². The standard InChI is InChI=1S/C15H24N2O2/c1-5-15(2,19)12-17(14(18)16(3)4)11-13-9-7-6-8-10-13/h6-10,19H,5,11-12H2,1-4H3. The summed E-state index contributed by atoms with van der Waals surface area (Å²) >= 11 is 0. The molecule has 1 unspecified atom stereocenters.